The zero-order chi connectivity index (χ0) is 11.5. The minimum atomic E-state index is -3.45. The highest BCUT2D eigenvalue weighted by Crippen LogP contribution is 2.13. The highest BCUT2D eigenvalue weighted by Gasteiger charge is 2.19. The van der Waals surface area contributed by atoms with E-state index in [2.05, 4.69) is 5.10 Å². The number of ether oxygens (including phenoxy) is 1. The van der Waals surface area contributed by atoms with Gasteiger partial charge in [0.15, 0.2) is 21.1 Å². The molecule has 0 N–H and O–H groups in total. The summed E-state index contributed by atoms with van der Waals surface area (Å²) in [5.74, 6) is 0. The number of sulfone groups is 1. The SMILES string of the molecule is COCCn1ncc(C=O)c1S(C)(=O)=O. The first kappa shape index (κ1) is 11.9. The summed E-state index contributed by atoms with van der Waals surface area (Å²) in [5.41, 5.74) is 0.0774. The van der Waals surface area contributed by atoms with E-state index in [1.165, 1.54) is 18.0 Å². The van der Waals surface area contributed by atoms with Crippen molar-refractivity contribution in [2.75, 3.05) is 20.0 Å². The number of nitrogens with zero attached hydrogens (tertiary/aromatic N) is 2. The van der Waals surface area contributed by atoms with Crippen LogP contribution in [-0.4, -0.2) is 44.5 Å². The molecule has 0 bridgehead atoms. The maximum Gasteiger partial charge on any atom is 0.193 e. The second-order valence-electron chi connectivity index (χ2n) is 3.01. The molecule has 0 fully saturated rings. The van der Waals surface area contributed by atoms with Crippen LogP contribution in [0.1, 0.15) is 10.4 Å². The van der Waals surface area contributed by atoms with Crippen LogP contribution in [0.2, 0.25) is 0 Å². The Kier molecular flexibility index (Phi) is 3.59. The monoisotopic (exact) mass is 232 g/mol. The standard InChI is InChI=1S/C8H12N2O4S/c1-14-4-3-10-8(15(2,12)13)7(6-11)5-9-10/h5-6H,3-4H2,1-2H3. The number of aldehydes is 1. The molecule has 0 radical (unpaired) electrons. The third-order valence-corrected chi connectivity index (χ3v) is 2.95. The van der Waals surface area contributed by atoms with Gasteiger partial charge in [0, 0.05) is 13.4 Å². The van der Waals surface area contributed by atoms with E-state index >= 15 is 0 Å². The van der Waals surface area contributed by atoms with Crippen molar-refractivity contribution < 1.29 is 17.9 Å². The molecular weight excluding hydrogens is 220 g/mol. The molecule has 6 nitrogen and oxygen atoms in total. The molecule has 1 rings (SSSR count). The highest BCUT2D eigenvalue weighted by molar-refractivity contribution is 7.90. The molecule has 0 atom stereocenters. The Hall–Kier alpha value is -1.21. The number of carbonyl (C=O) groups excluding carboxylic acids is 1. The van der Waals surface area contributed by atoms with Crippen molar-refractivity contribution >= 4 is 16.1 Å². The van der Waals surface area contributed by atoms with Gasteiger partial charge in [0.25, 0.3) is 0 Å². The summed E-state index contributed by atoms with van der Waals surface area (Å²) in [5, 5.41) is 3.76. The Morgan fingerprint density at radius 1 is 1.60 bits per heavy atom. The van der Waals surface area contributed by atoms with E-state index in [-0.39, 0.29) is 10.6 Å². The van der Waals surface area contributed by atoms with E-state index in [1.807, 2.05) is 0 Å². The van der Waals surface area contributed by atoms with E-state index in [0.717, 1.165) is 6.26 Å². The Morgan fingerprint density at radius 3 is 2.73 bits per heavy atom. The normalized spacial score (nSPS) is 11.6. The van der Waals surface area contributed by atoms with E-state index in [1.54, 1.807) is 0 Å². The average molecular weight is 232 g/mol. The van der Waals surface area contributed by atoms with Gasteiger partial charge in [-0.3, -0.25) is 9.48 Å². The third-order valence-electron chi connectivity index (χ3n) is 1.80. The first-order valence-corrected chi connectivity index (χ1v) is 6.10. The summed E-state index contributed by atoms with van der Waals surface area (Å²) in [7, 11) is -1.95. The highest BCUT2D eigenvalue weighted by atomic mass is 32.2. The van der Waals surface area contributed by atoms with Crippen LogP contribution in [0.25, 0.3) is 0 Å². The van der Waals surface area contributed by atoms with E-state index in [9.17, 15) is 13.2 Å². The summed E-state index contributed by atoms with van der Waals surface area (Å²) in [4.78, 5) is 10.6. The third kappa shape index (κ3) is 2.63. The lowest BCUT2D eigenvalue weighted by atomic mass is 10.4. The van der Waals surface area contributed by atoms with Crippen molar-refractivity contribution in [1.82, 2.24) is 9.78 Å². The summed E-state index contributed by atoms with van der Waals surface area (Å²) in [6, 6.07) is 0. The summed E-state index contributed by atoms with van der Waals surface area (Å²) >= 11 is 0. The van der Waals surface area contributed by atoms with E-state index in [4.69, 9.17) is 4.74 Å². The predicted octanol–water partition coefficient (Wildman–Crippen LogP) is -0.255. The maximum atomic E-state index is 11.4. The maximum absolute atomic E-state index is 11.4. The fourth-order valence-corrected chi connectivity index (χ4v) is 2.26. The molecule has 0 amide bonds. The number of rotatable bonds is 5. The summed E-state index contributed by atoms with van der Waals surface area (Å²) < 4.78 is 28.9. The topological polar surface area (TPSA) is 78.3 Å². The quantitative estimate of drug-likeness (QED) is 0.654. The van der Waals surface area contributed by atoms with E-state index in [0.29, 0.717) is 19.4 Å². The van der Waals surface area contributed by atoms with E-state index < -0.39 is 9.84 Å². The molecule has 1 heterocycles. The van der Waals surface area contributed by atoms with Crippen molar-refractivity contribution in [2.24, 2.45) is 0 Å². The second-order valence-corrected chi connectivity index (χ2v) is 4.94. The smallest absolute Gasteiger partial charge is 0.193 e. The van der Waals surface area contributed by atoms with Gasteiger partial charge in [0.2, 0.25) is 0 Å². The first-order chi connectivity index (χ1) is 7.00. The minimum Gasteiger partial charge on any atom is -0.383 e. The van der Waals surface area contributed by atoms with Gasteiger partial charge in [0.1, 0.15) is 0 Å². The predicted molar refractivity (Wildman–Crippen MR) is 52.6 cm³/mol. The Morgan fingerprint density at radius 2 is 2.27 bits per heavy atom. The van der Waals surface area contributed by atoms with Crippen molar-refractivity contribution in [3.63, 3.8) is 0 Å². The van der Waals surface area contributed by atoms with Gasteiger partial charge in [-0.25, -0.2) is 8.42 Å². The molecule has 7 heteroatoms. The molecule has 0 aliphatic heterocycles. The molecular formula is C8H12N2O4S. The summed E-state index contributed by atoms with van der Waals surface area (Å²) in [6.07, 6.45) is 2.76. The number of hydrogen-bond donors (Lipinski definition) is 0. The zero-order valence-electron chi connectivity index (χ0n) is 8.50. The number of methoxy groups -OCH3 is 1. The molecule has 0 spiro atoms. The van der Waals surface area contributed by atoms with Crippen LogP contribution >= 0.6 is 0 Å². The lowest BCUT2D eigenvalue weighted by Crippen LogP contribution is -2.13. The molecule has 0 unspecified atom stereocenters. The molecule has 15 heavy (non-hydrogen) atoms. The fourth-order valence-electron chi connectivity index (χ4n) is 1.21. The van der Waals surface area contributed by atoms with Gasteiger partial charge in [-0.15, -0.1) is 0 Å². The molecule has 1 aromatic rings. The van der Waals surface area contributed by atoms with Crippen molar-refractivity contribution in [3.05, 3.63) is 11.8 Å². The largest absolute Gasteiger partial charge is 0.383 e. The van der Waals surface area contributed by atoms with Crippen LogP contribution in [0, 0.1) is 0 Å². The molecule has 0 saturated carbocycles. The molecule has 0 saturated heterocycles. The summed E-state index contributed by atoms with van der Waals surface area (Å²) in [6.45, 7) is 0.634. The number of carbonyl (C=O) groups is 1. The second kappa shape index (κ2) is 4.54. The van der Waals surface area contributed by atoms with Gasteiger partial charge >= 0.3 is 0 Å². The fraction of sp³-hybridized carbons (Fsp3) is 0.500. The Bertz CT molecular complexity index is 449. The van der Waals surface area contributed by atoms with Crippen LogP contribution in [-0.2, 0) is 21.1 Å². The Labute approximate surface area is 87.8 Å². The first-order valence-electron chi connectivity index (χ1n) is 4.20. The van der Waals surface area contributed by atoms with Crippen molar-refractivity contribution in [3.8, 4) is 0 Å². The number of hydrogen-bond acceptors (Lipinski definition) is 5. The van der Waals surface area contributed by atoms with Crippen LogP contribution < -0.4 is 0 Å². The van der Waals surface area contributed by atoms with Crippen LogP contribution in [0.4, 0.5) is 0 Å². The molecule has 1 aromatic heterocycles. The Balaban J connectivity index is 3.18. The van der Waals surface area contributed by atoms with Gasteiger partial charge in [0.05, 0.1) is 24.9 Å². The van der Waals surface area contributed by atoms with Crippen molar-refractivity contribution in [1.29, 1.82) is 0 Å². The lowest BCUT2D eigenvalue weighted by Gasteiger charge is -2.05. The van der Waals surface area contributed by atoms with Gasteiger partial charge in [-0.05, 0) is 0 Å². The molecule has 0 aliphatic rings. The molecule has 84 valence electrons. The molecule has 0 aromatic carbocycles. The van der Waals surface area contributed by atoms with Crippen LogP contribution in [0.3, 0.4) is 0 Å². The van der Waals surface area contributed by atoms with Gasteiger partial charge < -0.3 is 4.74 Å². The minimum absolute atomic E-state index is 0.0606. The average Bonchev–Trinajstić information content (AvgIpc) is 2.56. The van der Waals surface area contributed by atoms with Gasteiger partial charge in [-0.2, -0.15) is 5.10 Å². The van der Waals surface area contributed by atoms with Crippen molar-refractivity contribution in [2.45, 2.75) is 11.6 Å². The van der Waals surface area contributed by atoms with Crippen LogP contribution in [0.5, 0.6) is 0 Å². The van der Waals surface area contributed by atoms with Crippen LogP contribution in [0.15, 0.2) is 11.2 Å². The molecule has 0 aliphatic carbocycles. The van der Waals surface area contributed by atoms with Gasteiger partial charge in [-0.1, -0.05) is 0 Å². The zero-order valence-corrected chi connectivity index (χ0v) is 9.32. The lowest BCUT2D eigenvalue weighted by molar-refractivity contribution is 0.111. The number of aromatic nitrogens is 2.